The maximum atomic E-state index is 15.2. The fourth-order valence-electron chi connectivity index (χ4n) is 5.52. The van der Waals surface area contributed by atoms with E-state index in [0.717, 1.165) is 5.56 Å². The van der Waals surface area contributed by atoms with Crippen molar-refractivity contribution in [1.82, 2.24) is 19.4 Å². The summed E-state index contributed by atoms with van der Waals surface area (Å²) in [6.45, 7) is 12.5. The van der Waals surface area contributed by atoms with Crippen molar-refractivity contribution in [2.75, 3.05) is 24.5 Å². The van der Waals surface area contributed by atoms with Crippen molar-refractivity contribution < 1.29 is 13.9 Å². The van der Waals surface area contributed by atoms with E-state index in [-0.39, 0.29) is 39.5 Å². The molecule has 0 radical (unpaired) electrons. The number of piperazine rings is 1. The Balaban J connectivity index is 1.73. The van der Waals surface area contributed by atoms with Gasteiger partial charge in [-0.2, -0.15) is 10.2 Å². The number of amides is 1. The Morgan fingerprint density at radius 3 is 2.52 bits per heavy atom. The third-order valence-corrected chi connectivity index (χ3v) is 7.81. The zero-order valence-corrected chi connectivity index (χ0v) is 26.3. The van der Waals surface area contributed by atoms with Gasteiger partial charge in [0.15, 0.2) is 5.65 Å². The van der Waals surface area contributed by atoms with E-state index in [0.29, 0.717) is 36.5 Å². The van der Waals surface area contributed by atoms with E-state index in [9.17, 15) is 14.9 Å². The average molecular weight is 617 g/mol. The van der Waals surface area contributed by atoms with Gasteiger partial charge in [0.1, 0.15) is 17.2 Å². The number of nitrogens with zero attached hydrogens (tertiary/aromatic N) is 6. The number of ether oxygens (including phenoxy) is 1. The van der Waals surface area contributed by atoms with Crippen molar-refractivity contribution in [3.05, 3.63) is 81.0 Å². The summed E-state index contributed by atoms with van der Waals surface area (Å²) in [6, 6.07) is 15.1. The zero-order valence-electron chi connectivity index (χ0n) is 25.6. The first kappa shape index (κ1) is 31.0. The molecule has 1 aliphatic rings. The maximum Gasteiger partial charge on any atom is 0.410 e. The Morgan fingerprint density at radius 2 is 1.86 bits per heavy atom. The number of para-hydroxylation sites is 1. The number of halogens is 2. The molecule has 1 aliphatic heterocycles. The minimum atomic E-state index is -0.657. The van der Waals surface area contributed by atoms with Crippen LogP contribution in [0.25, 0.3) is 28.0 Å². The molecule has 0 spiro atoms. The Bertz CT molecular complexity index is 1860. The van der Waals surface area contributed by atoms with Crippen molar-refractivity contribution >= 4 is 34.5 Å². The lowest BCUT2D eigenvalue weighted by molar-refractivity contribution is 0.0218. The van der Waals surface area contributed by atoms with Gasteiger partial charge in [0.2, 0.25) is 0 Å². The molecule has 0 N–H and O–H groups in total. The molecule has 1 unspecified atom stereocenters. The van der Waals surface area contributed by atoms with Crippen LogP contribution in [-0.4, -0.2) is 56.8 Å². The molecular weight excluding hydrogens is 583 g/mol. The number of nitriles is 1. The van der Waals surface area contributed by atoms with Crippen molar-refractivity contribution in [3.8, 4) is 23.0 Å². The molecular formula is C33H34ClFN6O3. The van der Waals surface area contributed by atoms with E-state index in [2.05, 4.69) is 4.98 Å². The molecule has 5 rings (SSSR count). The molecule has 3 heterocycles. The van der Waals surface area contributed by atoms with E-state index in [1.807, 2.05) is 76.8 Å². The van der Waals surface area contributed by atoms with Gasteiger partial charge in [0.25, 0.3) is 0 Å². The molecule has 44 heavy (non-hydrogen) atoms. The quantitative estimate of drug-likeness (QED) is 0.252. The number of anilines is 1. The Morgan fingerprint density at radius 1 is 1.14 bits per heavy atom. The zero-order chi connectivity index (χ0) is 31.9. The number of fused-ring (bicyclic) bond motifs is 1. The monoisotopic (exact) mass is 616 g/mol. The van der Waals surface area contributed by atoms with E-state index >= 15 is 4.39 Å². The summed E-state index contributed by atoms with van der Waals surface area (Å²) in [5.41, 5.74) is 0.575. The topological polar surface area (TPSA) is 104 Å². The van der Waals surface area contributed by atoms with Gasteiger partial charge in [-0.15, -0.1) is 0 Å². The van der Waals surface area contributed by atoms with Crippen molar-refractivity contribution in [2.45, 2.75) is 59.1 Å². The molecule has 0 bridgehead atoms. The molecule has 4 aromatic rings. The number of benzene rings is 2. The largest absolute Gasteiger partial charge is 0.444 e. The van der Waals surface area contributed by atoms with Crippen molar-refractivity contribution in [2.24, 2.45) is 0 Å². The maximum absolute atomic E-state index is 15.2. The molecule has 0 saturated carbocycles. The van der Waals surface area contributed by atoms with Crippen molar-refractivity contribution in [1.29, 1.82) is 5.26 Å². The summed E-state index contributed by atoms with van der Waals surface area (Å²) >= 11 is 6.79. The molecule has 1 saturated heterocycles. The fraction of sp³-hybridized carbons (Fsp3) is 0.364. The van der Waals surface area contributed by atoms with Crippen LogP contribution >= 0.6 is 11.6 Å². The minimum absolute atomic E-state index is 0.0453. The second kappa shape index (κ2) is 11.9. The van der Waals surface area contributed by atoms with Gasteiger partial charge in [-0.3, -0.25) is 0 Å². The molecule has 1 atom stereocenters. The summed E-state index contributed by atoms with van der Waals surface area (Å²) < 4.78 is 22.2. The fourth-order valence-corrected chi connectivity index (χ4v) is 5.76. The van der Waals surface area contributed by atoms with Crippen LogP contribution in [-0.2, 0) is 4.74 Å². The highest BCUT2D eigenvalue weighted by Crippen LogP contribution is 2.37. The van der Waals surface area contributed by atoms with E-state index in [1.165, 1.54) is 22.8 Å². The normalized spacial score (nSPS) is 15.5. The molecule has 2 aromatic carbocycles. The van der Waals surface area contributed by atoms with Crippen LogP contribution in [0.5, 0.6) is 0 Å². The summed E-state index contributed by atoms with van der Waals surface area (Å²) in [5, 5.41) is 10.3. The van der Waals surface area contributed by atoms with Gasteiger partial charge in [0.05, 0.1) is 39.0 Å². The van der Waals surface area contributed by atoms with Crippen LogP contribution < -0.4 is 10.6 Å². The lowest BCUT2D eigenvalue weighted by Crippen LogP contribution is -2.55. The second-order valence-corrected chi connectivity index (χ2v) is 12.6. The second-order valence-electron chi connectivity index (χ2n) is 12.2. The number of hydrogen-bond acceptors (Lipinski definition) is 7. The summed E-state index contributed by atoms with van der Waals surface area (Å²) in [6.07, 6.45) is -0.407. The number of carbonyl (C=O) groups excluding carboxylic acids is 1. The smallest absolute Gasteiger partial charge is 0.410 e. The van der Waals surface area contributed by atoms with Crippen LogP contribution in [0.15, 0.2) is 53.3 Å². The van der Waals surface area contributed by atoms with Gasteiger partial charge in [-0.25, -0.2) is 23.5 Å². The van der Waals surface area contributed by atoms with Crippen LogP contribution in [0.4, 0.5) is 15.0 Å². The molecule has 1 fully saturated rings. The number of rotatable bonds is 4. The van der Waals surface area contributed by atoms with Crippen LogP contribution in [0.3, 0.4) is 0 Å². The van der Waals surface area contributed by atoms with E-state index in [1.54, 1.807) is 11.0 Å². The summed E-state index contributed by atoms with van der Waals surface area (Å²) in [4.78, 5) is 39.7. The Kier molecular flexibility index (Phi) is 8.36. The molecule has 2 aromatic heterocycles. The summed E-state index contributed by atoms with van der Waals surface area (Å²) in [7, 11) is 0. The van der Waals surface area contributed by atoms with Crippen LogP contribution in [0.1, 0.15) is 58.6 Å². The SMILES string of the molecule is CC(C)c1ccccc1-n1c(=O)nc(N2CCN(C(=O)OC(C)(C)C)CC2C)c2cc(Cl)c(-c3c(F)cccc3C#N)nc21. The molecule has 9 nitrogen and oxygen atoms in total. The molecule has 11 heteroatoms. The Hall–Kier alpha value is -4.49. The predicted octanol–water partition coefficient (Wildman–Crippen LogP) is 6.68. The first-order valence-electron chi connectivity index (χ1n) is 14.5. The van der Waals surface area contributed by atoms with Gasteiger partial charge in [-0.05, 0) is 63.4 Å². The average Bonchev–Trinajstić information content (AvgIpc) is 2.96. The minimum Gasteiger partial charge on any atom is -0.444 e. The first-order chi connectivity index (χ1) is 20.8. The van der Waals surface area contributed by atoms with Crippen molar-refractivity contribution in [3.63, 3.8) is 0 Å². The third kappa shape index (κ3) is 5.84. The number of carbonyl (C=O) groups is 1. The predicted molar refractivity (Wildman–Crippen MR) is 169 cm³/mol. The van der Waals surface area contributed by atoms with Gasteiger partial charge < -0.3 is 14.5 Å². The molecule has 0 aliphatic carbocycles. The summed E-state index contributed by atoms with van der Waals surface area (Å²) in [5.74, 6) is -0.234. The highest BCUT2D eigenvalue weighted by Gasteiger charge is 2.33. The third-order valence-electron chi connectivity index (χ3n) is 7.52. The molecule has 228 valence electrons. The van der Waals surface area contributed by atoms with Gasteiger partial charge in [-0.1, -0.05) is 49.7 Å². The highest BCUT2D eigenvalue weighted by atomic mass is 35.5. The van der Waals surface area contributed by atoms with Gasteiger partial charge >= 0.3 is 11.8 Å². The standard InChI is InChI=1S/C33H34ClFN6O3/c1-19(2)22-11-7-8-13-26(22)41-30-23(16-24(34)28(37-30)27-21(17-36)10-9-12-25(27)35)29(38-31(41)42)40-15-14-39(18-20(40)3)32(43)44-33(4,5)6/h7-13,16,19-20H,14-15,18H2,1-6H3. The van der Waals surface area contributed by atoms with E-state index < -0.39 is 23.2 Å². The van der Waals surface area contributed by atoms with Crippen LogP contribution in [0, 0.1) is 17.1 Å². The highest BCUT2D eigenvalue weighted by molar-refractivity contribution is 6.34. The lowest BCUT2D eigenvalue weighted by Gasteiger charge is -2.41. The number of aromatic nitrogens is 3. The first-order valence-corrected chi connectivity index (χ1v) is 14.8. The van der Waals surface area contributed by atoms with Gasteiger partial charge in [0, 0.05) is 25.7 Å². The Labute approximate surface area is 260 Å². The van der Waals surface area contributed by atoms with Crippen LogP contribution in [0.2, 0.25) is 5.02 Å². The lowest BCUT2D eigenvalue weighted by atomic mass is 10.0. The number of pyridine rings is 1. The molecule has 1 amide bonds. The number of hydrogen-bond donors (Lipinski definition) is 0. The van der Waals surface area contributed by atoms with E-state index in [4.69, 9.17) is 21.3 Å².